The summed E-state index contributed by atoms with van der Waals surface area (Å²) in [4.78, 5) is 2.39. The molecule has 1 spiro atoms. The lowest BCUT2D eigenvalue weighted by Crippen LogP contribution is -2.32. The number of ether oxygens (including phenoxy) is 1. The van der Waals surface area contributed by atoms with Gasteiger partial charge in [-0.05, 0) is 127 Å². The smallest absolute Gasteiger partial charge is 0.132 e. The molecule has 0 amide bonds. The van der Waals surface area contributed by atoms with Crippen molar-refractivity contribution in [2.24, 2.45) is 0 Å². The standard InChI is InChI=1S/C56H39NO/c1-55(2)47-20-10-8-18-43(47)45-31-29-42(35-50(45)55)57(40-16-4-3-5-17-40)41-27-24-36(25-28-41)39-26-30-46-44-19-9-11-21-48(44)56(51(46)32-39)49-22-12-13-23-53(49)58-54-34-38-15-7-6-14-37(38)33-52(54)56/h3-35H,1-2H3. The Hall–Kier alpha value is -7.16. The van der Waals surface area contributed by atoms with Crippen LogP contribution < -0.4 is 9.64 Å². The third-order valence-corrected chi connectivity index (χ3v) is 13.1. The van der Waals surface area contributed by atoms with Crippen molar-refractivity contribution in [1.29, 1.82) is 0 Å². The second-order valence-corrected chi connectivity index (χ2v) is 16.5. The molecular weight excluding hydrogens is 703 g/mol. The van der Waals surface area contributed by atoms with E-state index in [1.807, 2.05) is 0 Å². The molecule has 0 radical (unpaired) electrons. The highest BCUT2D eigenvalue weighted by Crippen LogP contribution is 2.63. The molecule has 0 saturated carbocycles. The highest BCUT2D eigenvalue weighted by Gasteiger charge is 2.51. The summed E-state index contributed by atoms with van der Waals surface area (Å²) in [6.07, 6.45) is 0. The molecule has 3 aliphatic rings. The molecule has 2 nitrogen and oxygen atoms in total. The molecule has 0 N–H and O–H groups in total. The summed E-state index contributed by atoms with van der Waals surface area (Å²) in [6, 6.07) is 73.6. The number of hydrogen-bond donors (Lipinski definition) is 0. The first-order chi connectivity index (χ1) is 28.5. The van der Waals surface area contributed by atoms with E-state index in [0.717, 1.165) is 28.6 Å². The summed E-state index contributed by atoms with van der Waals surface area (Å²) >= 11 is 0. The Balaban J connectivity index is 1.00. The van der Waals surface area contributed by atoms with Crippen LogP contribution in [0.2, 0.25) is 0 Å². The molecule has 0 fully saturated rings. The van der Waals surface area contributed by atoms with Crippen LogP contribution in [0.3, 0.4) is 0 Å². The minimum absolute atomic E-state index is 0.0860. The summed E-state index contributed by atoms with van der Waals surface area (Å²) in [5, 5.41) is 2.38. The molecule has 0 aromatic heterocycles. The van der Waals surface area contributed by atoms with Crippen molar-refractivity contribution in [3.05, 3.63) is 234 Å². The zero-order chi connectivity index (χ0) is 38.6. The molecule has 9 aromatic carbocycles. The van der Waals surface area contributed by atoms with Crippen molar-refractivity contribution in [3.63, 3.8) is 0 Å². The third-order valence-electron chi connectivity index (χ3n) is 13.1. The molecule has 1 aliphatic heterocycles. The average Bonchev–Trinajstić information content (AvgIpc) is 3.69. The zero-order valence-electron chi connectivity index (χ0n) is 32.4. The van der Waals surface area contributed by atoms with Crippen LogP contribution in [0.25, 0.3) is 44.2 Å². The molecule has 9 aromatic rings. The Bertz CT molecular complexity index is 3120. The fourth-order valence-corrected chi connectivity index (χ4v) is 10.4. The predicted octanol–water partition coefficient (Wildman–Crippen LogP) is 14.8. The maximum atomic E-state index is 6.77. The third kappa shape index (κ3) is 4.54. The molecule has 2 aliphatic carbocycles. The van der Waals surface area contributed by atoms with Crippen molar-refractivity contribution in [1.82, 2.24) is 0 Å². The number of para-hydroxylation sites is 2. The number of fused-ring (bicyclic) bond motifs is 13. The number of nitrogens with zero attached hydrogens (tertiary/aromatic N) is 1. The largest absolute Gasteiger partial charge is 0.457 e. The van der Waals surface area contributed by atoms with Gasteiger partial charge in [-0.25, -0.2) is 0 Å². The number of benzene rings is 9. The van der Waals surface area contributed by atoms with Gasteiger partial charge in [-0.2, -0.15) is 0 Å². The highest BCUT2D eigenvalue weighted by molar-refractivity contribution is 5.94. The van der Waals surface area contributed by atoms with E-state index in [9.17, 15) is 0 Å². The summed E-state index contributed by atoms with van der Waals surface area (Å²) < 4.78 is 6.77. The van der Waals surface area contributed by atoms with E-state index in [4.69, 9.17) is 4.74 Å². The van der Waals surface area contributed by atoms with Gasteiger partial charge in [-0.15, -0.1) is 0 Å². The van der Waals surface area contributed by atoms with E-state index in [1.165, 1.54) is 77.5 Å². The first-order valence-electron chi connectivity index (χ1n) is 20.3. The number of hydrogen-bond acceptors (Lipinski definition) is 2. The van der Waals surface area contributed by atoms with Crippen molar-refractivity contribution >= 4 is 27.8 Å². The minimum Gasteiger partial charge on any atom is -0.457 e. The molecule has 58 heavy (non-hydrogen) atoms. The lowest BCUT2D eigenvalue weighted by atomic mass is 9.65. The number of anilines is 3. The Morgan fingerprint density at radius 3 is 1.69 bits per heavy atom. The SMILES string of the molecule is CC1(C)c2ccccc2-c2ccc(N(c3ccccc3)c3ccc(-c4ccc5c(c4)C4(c6ccccc6Oc6cc7ccccc7cc64)c4ccccc4-5)cc3)cc21. The normalized spacial score (nSPS) is 16.1. The van der Waals surface area contributed by atoms with Gasteiger partial charge in [0.05, 0.1) is 5.41 Å². The highest BCUT2D eigenvalue weighted by atomic mass is 16.5. The molecule has 2 heteroatoms. The van der Waals surface area contributed by atoms with Gasteiger partial charge >= 0.3 is 0 Å². The van der Waals surface area contributed by atoms with Gasteiger partial charge < -0.3 is 9.64 Å². The fourth-order valence-electron chi connectivity index (χ4n) is 10.4. The molecule has 1 unspecified atom stereocenters. The predicted molar refractivity (Wildman–Crippen MR) is 239 cm³/mol. The van der Waals surface area contributed by atoms with Crippen LogP contribution in [0.4, 0.5) is 17.1 Å². The Morgan fingerprint density at radius 2 is 0.897 bits per heavy atom. The zero-order valence-corrected chi connectivity index (χ0v) is 32.4. The van der Waals surface area contributed by atoms with E-state index < -0.39 is 5.41 Å². The Morgan fingerprint density at radius 1 is 0.345 bits per heavy atom. The van der Waals surface area contributed by atoms with E-state index in [0.29, 0.717) is 0 Å². The van der Waals surface area contributed by atoms with Crippen LogP contribution in [-0.2, 0) is 10.8 Å². The monoisotopic (exact) mass is 741 g/mol. The first kappa shape index (κ1) is 33.0. The van der Waals surface area contributed by atoms with E-state index >= 15 is 0 Å². The van der Waals surface area contributed by atoms with Gasteiger partial charge in [-0.1, -0.05) is 153 Å². The lowest BCUT2D eigenvalue weighted by Gasteiger charge is -2.39. The minimum atomic E-state index is -0.540. The summed E-state index contributed by atoms with van der Waals surface area (Å²) in [7, 11) is 0. The van der Waals surface area contributed by atoms with Gasteiger partial charge in [0.2, 0.25) is 0 Å². The van der Waals surface area contributed by atoms with Gasteiger partial charge in [0.25, 0.3) is 0 Å². The molecule has 1 atom stereocenters. The topological polar surface area (TPSA) is 12.5 Å². The van der Waals surface area contributed by atoms with Crippen LogP contribution in [0.15, 0.2) is 200 Å². The Kier molecular flexibility index (Phi) is 6.93. The van der Waals surface area contributed by atoms with Gasteiger partial charge in [0, 0.05) is 33.6 Å². The van der Waals surface area contributed by atoms with Crippen molar-refractivity contribution in [2.75, 3.05) is 4.90 Å². The fraction of sp³-hybridized carbons (Fsp3) is 0.0714. The average molecular weight is 742 g/mol. The van der Waals surface area contributed by atoms with Gasteiger partial charge in [0.15, 0.2) is 0 Å². The second-order valence-electron chi connectivity index (χ2n) is 16.5. The maximum Gasteiger partial charge on any atom is 0.132 e. The van der Waals surface area contributed by atoms with E-state index in [1.54, 1.807) is 0 Å². The van der Waals surface area contributed by atoms with Crippen LogP contribution >= 0.6 is 0 Å². The summed E-state index contributed by atoms with van der Waals surface area (Å²) in [6.45, 7) is 4.70. The molecular formula is C56H39NO. The Labute approximate surface area is 339 Å². The molecule has 12 rings (SSSR count). The van der Waals surface area contributed by atoms with Crippen LogP contribution in [0.1, 0.15) is 47.2 Å². The van der Waals surface area contributed by atoms with Gasteiger partial charge in [0.1, 0.15) is 11.5 Å². The summed E-state index contributed by atoms with van der Waals surface area (Å²) in [5.74, 6) is 1.82. The van der Waals surface area contributed by atoms with Gasteiger partial charge in [-0.3, -0.25) is 0 Å². The molecule has 0 saturated heterocycles. The van der Waals surface area contributed by atoms with Crippen LogP contribution in [-0.4, -0.2) is 0 Å². The van der Waals surface area contributed by atoms with Crippen molar-refractivity contribution in [3.8, 4) is 44.9 Å². The number of rotatable bonds is 4. The van der Waals surface area contributed by atoms with Crippen LogP contribution in [0.5, 0.6) is 11.5 Å². The summed E-state index contributed by atoms with van der Waals surface area (Å²) in [5.41, 5.74) is 18.0. The quantitative estimate of drug-likeness (QED) is 0.178. The first-order valence-corrected chi connectivity index (χ1v) is 20.3. The molecule has 1 heterocycles. The second kappa shape index (κ2) is 12.2. The molecule has 274 valence electrons. The lowest BCUT2D eigenvalue weighted by molar-refractivity contribution is 0.437. The maximum absolute atomic E-state index is 6.77. The molecule has 0 bridgehead atoms. The van der Waals surface area contributed by atoms with E-state index in [2.05, 4.69) is 219 Å². The van der Waals surface area contributed by atoms with E-state index in [-0.39, 0.29) is 5.41 Å². The van der Waals surface area contributed by atoms with Crippen molar-refractivity contribution in [2.45, 2.75) is 24.7 Å². The van der Waals surface area contributed by atoms with Crippen LogP contribution in [0, 0.1) is 0 Å². The van der Waals surface area contributed by atoms with Crippen molar-refractivity contribution < 1.29 is 4.74 Å².